The summed E-state index contributed by atoms with van der Waals surface area (Å²) in [5, 5.41) is 0. The monoisotopic (exact) mass is 407 g/mol. The van der Waals surface area contributed by atoms with Gasteiger partial charge >= 0.3 is 0 Å². The molecule has 0 unspecified atom stereocenters. The third kappa shape index (κ3) is 4.68. The van der Waals surface area contributed by atoms with Crippen LogP contribution in [0.5, 0.6) is 5.75 Å². The summed E-state index contributed by atoms with van der Waals surface area (Å²) in [5.41, 5.74) is 3.09. The molecule has 2 aromatic rings. The van der Waals surface area contributed by atoms with E-state index in [0.29, 0.717) is 17.4 Å². The topological polar surface area (TPSA) is 36.0 Å². The molecule has 160 valence electrons. The number of ether oxygens (including phenoxy) is 1. The van der Waals surface area contributed by atoms with Gasteiger partial charge in [0.05, 0.1) is 12.7 Å². The van der Waals surface area contributed by atoms with Crippen molar-refractivity contribution in [2.24, 2.45) is 0 Å². The molecule has 0 radical (unpaired) electrons. The molecule has 5 heteroatoms. The Morgan fingerprint density at radius 2 is 1.63 bits per heavy atom. The fourth-order valence-electron chi connectivity index (χ4n) is 4.81. The largest absolute Gasteiger partial charge is 0.496 e. The summed E-state index contributed by atoms with van der Waals surface area (Å²) in [7, 11) is 1.63. The highest BCUT2D eigenvalue weighted by Crippen LogP contribution is 2.26. The van der Waals surface area contributed by atoms with Crippen LogP contribution in [-0.4, -0.2) is 73.0 Å². The summed E-state index contributed by atoms with van der Waals surface area (Å²) in [5.74, 6) is 0.785. The van der Waals surface area contributed by atoms with Gasteiger partial charge < -0.3 is 9.64 Å². The van der Waals surface area contributed by atoms with E-state index in [-0.39, 0.29) is 5.91 Å². The molecule has 0 aliphatic carbocycles. The number of carbonyl (C=O) groups excluding carboxylic acids is 1. The molecule has 0 bridgehead atoms. The summed E-state index contributed by atoms with van der Waals surface area (Å²) in [6, 6.07) is 17.1. The highest BCUT2D eigenvalue weighted by molar-refractivity contribution is 5.98. The Balaban J connectivity index is 1.28. The lowest BCUT2D eigenvalue weighted by Gasteiger charge is -2.43. The minimum atomic E-state index is 0.107. The van der Waals surface area contributed by atoms with Gasteiger partial charge in [-0.2, -0.15) is 0 Å². The van der Waals surface area contributed by atoms with E-state index >= 15 is 0 Å². The first-order valence-electron chi connectivity index (χ1n) is 11.1. The molecule has 0 atom stereocenters. The van der Waals surface area contributed by atoms with Crippen LogP contribution in [0.3, 0.4) is 0 Å². The molecule has 2 aliphatic heterocycles. The van der Waals surface area contributed by atoms with Crippen LogP contribution in [0, 0.1) is 6.92 Å². The number of hydrogen-bond donors (Lipinski definition) is 0. The van der Waals surface area contributed by atoms with Crippen LogP contribution in [0.2, 0.25) is 0 Å². The molecule has 1 amide bonds. The molecule has 2 aliphatic rings. The van der Waals surface area contributed by atoms with E-state index in [1.807, 2.05) is 30.0 Å². The van der Waals surface area contributed by atoms with E-state index in [0.717, 1.165) is 64.2 Å². The number of methoxy groups -OCH3 is 1. The average Bonchev–Trinajstić information content (AvgIpc) is 2.80. The Bertz CT molecular complexity index is 839. The minimum absolute atomic E-state index is 0.107. The zero-order valence-corrected chi connectivity index (χ0v) is 18.2. The van der Waals surface area contributed by atoms with Gasteiger partial charge in [-0.25, -0.2) is 0 Å². The quantitative estimate of drug-likeness (QED) is 0.761. The Morgan fingerprint density at radius 3 is 2.30 bits per heavy atom. The molecule has 0 saturated carbocycles. The van der Waals surface area contributed by atoms with Gasteiger partial charge in [0, 0.05) is 51.9 Å². The summed E-state index contributed by atoms with van der Waals surface area (Å²) in [6.45, 7) is 9.16. The zero-order chi connectivity index (χ0) is 20.9. The second kappa shape index (κ2) is 9.63. The first-order valence-corrected chi connectivity index (χ1v) is 11.1. The smallest absolute Gasteiger partial charge is 0.257 e. The molecular formula is C25H33N3O2. The Kier molecular flexibility index (Phi) is 6.70. The lowest BCUT2D eigenvalue weighted by atomic mass is 10.00. The van der Waals surface area contributed by atoms with E-state index in [1.54, 1.807) is 7.11 Å². The fourth-order valence-corrected chi connectivity index (χ4v) is 4.81. The van der Waals surface area contributed by atoms with Crippen LogP contribution in [-0.2, 0) is 6.54 Å². The van der Waals surface area contributed by atoms with Gasteiger partial charge in [0.15, 0.2) is 0 Å². The number of piperazine rings is 1. The predicted molar refractivity (Wildman–Crippen MR) is 120 cm³/mol. The Hall–Kier alpha value is -2.37. The summed E-state index contributed by atoms with van der Waals surface area (Å²) < 4.78 is 5.45. The normalized spacial score (nSPS) is 19.1. The number of likely N-dealkylation sites (tertiary alicyclic amines) is 1. The molecule has 5 nitrogen and oxygen atoms in total. The van der Waals surface area contributed by atoms with Crippen molar-refractivity contribution in [3.05, 3.63) is 65.2 Å². The molecule has 0 N–H and O–H groups in total. The van der Waals surface area contributed by atoms with Crippen molar-refractivity contribution >= 4 is 5.91 Å². The summed E-state index contributed by atoms with van der Waals surface area (Å²) in [4.78, 5) is 20.3. The summed E-state index contributed by atoms with van der Waals surface area (Å²) in [6.07, 6.45) is 2.11. The fraction of sp³-hybridized carbons (Fsp3) is 0.480. The molecule has 2 aromatic carbocycles. The molecule has 2 heterocycles. The van der Waals surface area contributed by atoms with E-state index in [4.69, 9.17) is 4.74 Å². The SMILES string of the molecule is COc1cccc(C)c1C(=O)N1CCC(N2CCN(Cc3ccccc3)CC2)CC1. The number of benzene rings is 2. The molecule has 2 fully saturated rings. The van der Waals surface area contributed by atoms with Crippen molar-refractivity contribution in [3.63, 3.8) is 0 Å². The molecule has 30 heavy (non-hydrogen) atoms. The number of aryl methyl sites for hydroxylation is 1. The standard InChI is InChI=1S/C25H33N3O2/c1-20-7-6-10-23(30-2)24(20)25(29)28-13-11-22(12-14-28)27-17-15-26(16-18-27)19-21-8-4-3-5-9-21/h3-10,22H,11-19H2,1-2H3. The average molecular weight is 408 g/mol. The molecule has 0 aromatic heterocycles. The van der Waals surface area contributed by atoms with Gasteiger partial charge in [-0.3, -0.25) is 14.6 Å². The van der Waals surface area contributed by atoms with Crippen LogP contribution in [0.1, 0.15) is 34.3 Å². The molecule has 4 rings (SSSR count). The number of nitrogens with zero attached hydrogens (tertiary/aromatic N) is 3. The van der Waals surface area contributed by atoms with Crippen LogP contribution < -0.4 is 4.74 Å². The van der Waals surface area contributed by atoms with E-state index in [9.17, 15) is 4.79 Å². The van der Waals surface area contributed by atoms with Gasteiger partial charge in [0.2, 0.25) is 0 Å². The number of rotatable bonds is 5. The lowest BCUT2D eigenvalue weighted by Crippen LogP contribution is -2.53. The minimum Gasteiger partial charge on any atom is -0.496 e. The Labute approximate surface area is 180 Å². The maximum absolute atomic E-state index is 13.1. The molecule has 0 spiro atoms. The van der Waals surface area contributed by atoms with Crippen molar-refractivity contribution in [2.45, 2.75) is 32.4 Å². The number of hydrogen-bond acceptors (Lipinski definition) is 4. The van der Waals surface area contributed by atoms with Gasteiger partial charge in [-0.1, -0.05) is 42.5 Å². The van der Waals surface area contributed by atoms with Crippen molar-refractivity contribution in [1.82, 2.24) is 14.7 Å². The van der Waals surface area contributed by atoms with Gasteiger partial charge in [-0.15, -0.1) is 0 Å². The summed E-state index contributed by atoms with van der Waals surface area (Å²) >= 11 is 0. The van der Waals surface area contributed by atoms with Crippen LogP contribution in [0.4, 0.5) is 0 Å². The van der Waals surface area contributed by atoms with Crippen molar-refractivity contribution < 1.29 is 9.53 Å². The maximum Gasteiger partial charge on any atom is 0.257 e. The first kappa shape index (κ1) is 20.9. The van der Waals surface area contributed by atoms with Crippen LogP contribution in [0.25, 0.3) is 0 Å². The maximum atomic E-state index is 13.1. The zero-order valence-electron chi connectivity index (χ0n) is 18.2. The van der Waals surface area contributed by atoms with E-state index in [2.05, 4.69) is 40.1 Å². The van der Waals surface area contributed by atoms with E-state index in [1.165, 1.54) is 5.56 Å². The highest BCUT2D eigenvalue weighted by Gasteiger charge is 2.30. The highest BCUT2D eigenvalue weighted by atomic mass is 16.5. The third-order valence-corrected chi connectivity index (χ3v) is 6.59. The molecule has 2 saturated heterocycles. The lowest BCUT2D eigenvalue weighted by molar-refractivity contribution is 0.0466. The van der Waals surface area contributed by atoms with Gasteiger partial charge in [0.1, 0.15) is 5.75 Å². The predicted octanol–water partition coefficient (Wildman–Crippen LogP) is 3.43. The first-order chi connectivity index (χ1) is 14.7. The van der Waals surface area contributed by atoms with Crippen molar-refractivity contribution in [2.75, 3.05) is 46.4 Å². The number of carbonyl (C=O) groups is 1. The molecular weight excluding hydrogens is 374 g/mol. The van der Waals surface area contributed by atoms with Gasteiger partial charge in [-0.05, 0) is 37.0 Å². The van der Waals surface area contributed by atoms with Gasteiger partial charge in [0.25, 0.3) is 5.91 Å². The number of amides is 1. The number of piperidine rings is 1. The third-order valence-electron chi connectivity index (χ3n) is 6.59. The second-order valence-corrected chi connectivity index (χ2v) is 8.47. The Morgan fingerprint density at radius 1 is 0.933 bits per heavy atom. The van der Waals surface area contributed by atoms with Crippen molar-refractivity contribution in [1.29, 1.82) is 0 Å². The van der Waals surface area contributed by atoms with Crippen molar-refractivity contribution in [3.8, 4) is 5.75 Å². The van der Waals surface area contributed by atoms with E-state index < -0.39 is 0 Å². The van der Waals surface area contributed by atoms with Crippen LogP contribution in [0.15, 0.2) is 48.5 Å². The van der Waals surface area contributed by atoms with Crippen LogP contribution >= 0.6 is 0 Å². The second-order valence-electron chi connectivity index (χ2n) is 8.47.